The van der Waals surface area contributed by atoms with Crippen LogP contribution in [0, 0.1) is 0 Å². The van der Waals surface area contributed by atoms with Crippen LogP contribution in [0.4, 0.5) is 0 Å². The Morgan fingerprint density at radius 1 is 1.38 bits per heavy atom. The molecule has 0 bridgehead atoms. The maximum absolute atomic E-state index is 6.32. The normalized spacial score (nSPS) is 22.4. The second kappa shape index (κ2) is 7.57. The molecule has 2 rings (SSSR count). The third kappa shape index (κ3) is 3.77. The highest BCUT2D eigenvalue weighted by Crippen LogP contribution is 2.30. The first-order chi connectivity index (χ1) is 10.1. The summed E-state index contributed by atoms with van der Waals surface area (Å²) < 4.78 is 0. The Morgan fingerprint density at radius 3 is 2.76 bits per heavy atom. The molecule has 0 aliphatic carbocycles. The molecule has 118 valence electrons. The van der Waals surface area contributed by atoms with Crippen molar-refractivity contribution >= 4 is 11.6 Å². The van der Waals surface area contributed by atoms with Crippen molar-refractivity contribution < 1.29 is 0 Å². The molecule has 1 aromatic rings. The van der Waals surface area contributed by atoms with Gasteiger partial charge in [-0.3, -0.25) is 9.88 Å². The van der Waals surface area contributed by atoms with E-state index < -0.39 is 0 Å². The smallest absolute Gasteiger partial charge is 0.0634 e. The number of aromatic nitrogens is 1. The summed E-state index contributed by atoms with van der Waals surface area (Å²) in [5, 5.41) is 4.54. The van der Waals surface area contributed by atoms with Gasteiger partial charge in [0.05, 0.1) is 5.02 Å². The zero-order valence-corrected chi connectivity index (χ0v) is 14.3. The second-order valence-corrected chi connectivity index (χ2v) is 6.55. The second-order valence-electron chi connectivity index (χ2n) is 6.15. The van der Waals surface area contributed by atoms with Crippen LogP contribution >= 0.6 is 11.6 Å². The molecule has 1 fully saturated rings. The first-order valence-corrected chi connectivity index (χ1v) is 8.59. The highest BCUT2D eigenvalue weighted by atomic mass is 35.5. The van der Waals surface area contributed by atoms with Crippen LogP contribution < -0.4 is 5.32 Å². The molecule has 3 nitrogen and oxygen atoms in total. The molecule has 1 unspecified atom stereocenters. The van der Waals surface area contributed by atoms with Crippen LogP contribution in [-0.2, 0) is 6.54 Å². The van der Waals surface area contributed by atoms with Crippen LogP contribution in [0.3, 0.4) is 0 Å². The van der Waals surface area contributed by atoms with Crippen LogP contribution in [0.25, 0.3) is 0 Å². The molecule has 0 amide bonds. The molecule has 0 spiro atoms. The number of piperazine rings is 1. The van der Waals surface area contributed by atoms with Gasteiger partial charge in [0, 0.05) is 43.6 Å². The van der Waals surface area contributed by atoms with E-state index in [1.165, 1.54) is 18.4 Å². The lowest BCUT2D eigenvalue weighted by atomic mass is 9.86. The average molecular weight is 310 g/mol. The van der Waals surface area contributed by atoms with Gasteiger partial charge in [-0.15, -0.1) is 0 Å². The molecular formula is C17H28ClN3. The lowest BCUT2D eigenvalue weighted by Gasteiger charge is -2.50. The lowest BCUT2D eigenvalue weighted by molar-refractivity contribution is 0.0228. The summed E-state index contributed by atoms with van der Waals surface area (Å²) in [4.78, 5) is 6.74. The fourth-order valence-corrected chi connectivity index (χ4v) is 3.61. The Bertz CT molecular complexity index is 445. The van der Waals surface area contributed by atoms with E-state index in [4.69, 9.17) is 11.6 Å². The maximum Gasteiger partial charge on any atom is 0.0634 e. The van der Waals surface area contributed by atoms with Crippen molar-refractivity contribution in [2.75, 3.05) is 13.1 Å². The van der Waals surface area contributed by atoms with Crippen molar-refractivity contribution in [3.63, 3.8) is 0 Å². The summed E-state index contributed by atoms with van der Waals surface area (Å²) in [6.45, 7) is 9.96. The van der Waals surface area contributed by atoms with Gasteiger partial charge in [-0.25, -0.2) is 0 Å². The molecule has 2 heterocycles. The van der Waals surface area contributed by atoms with Crippen LogP contribution in [0.15, 0.2) is 18.5 Å². The molecule has 1 aromatic heterocycles. The van der Waals surface area contributed by atoms with Gasteiger partial charge in [-0.1, -0.05) is 38.8 Å². The number of nitrogens with one attached hydrogen (secondary N) is 1. The van der Waals surface area contributed by atoms with Crippen molar-refractivity contribution in [3.8, 4) is 0 Å². The molecule has 1 aliphatic rings. The summed E-state index contributed by atoms with van der Waals surface area (Å²) in [7, 11) is 0. The molecule has 1 atom stereocenters. The van der Waals surface area contributed by atoms with E-state index in [-0.39, 0.29) is 5.54 Å². The van der Waals surface area contributed by atoms with Gasteiger partial charge in [0.2, 0.25) is 0 Å². The van der Waals surface area contributed by atoms with Crippen molar-refractivity contribution in [1.82, 2.24) is 15.2 Å². The van der Waals surface area contributed by atoms with E-state index in [0.717, 1.165) is 37.5 Å². The SMILES string of the molecule is CCCC1CN(Cc2ccncc2Cl)C(CC)(CC)CN1. The Hall–Kier alpha value is -0.640. The maximum atomic E-state index is 6.32. The molecule has 0 saturated carbocycles. The number of rotatable bonds is 6. The molecule has 1 aliphatic heterocycles. The fraction of sp³-hybridized carbons (Fsp3) is 0.706. The molecular weight excluding hydrogens is 282 g/mol. The summed E-state index contributed by atoms with van der Waals surface area (Å²) >= 11 is 6.32. The molecule has 0 radical (unpaired) electrons. The summed E-state index contributed by atoms with van der Waals surface area (Å²) in [6.07, 6.45) is 8.39. The topological polar surface area (TPSA) is 28.2 Å². The van der Waals surface area contributed by atoms with E-state index in [1.807, 2.05) is 6.20 Å². The molecule has 4 heteroatoms. The minimum absolute atomic E-state index is 0.247. The van der Waals surface area contributed by atoms with Crippen molar-refractivity contribution in [2.45, 2.75) is 64.6 Å². The highest BCUT2D eigenvalue weighted by Gasteiger charge is 2.38. The number of hydrogen-bond donors (Lipinski definition) is 1. The van der Waals surface area contributed by atoms with Crippen LogP contribution in [0.1, 0.15) is 52.0 Å². The highest BCUT2D eigenvalue weighted by molar-refractivity contribution is 6.31. The van der Waals surface area contributed by atoms with Gasteiger partial charge in [-0.2, -0.15) is 0 Å². The Labute approximate surface area is 134 Å². The Balaban J connectivity index is 2.19. The van der Waals surface area contributed by atoms with E-state index in [2.05, 4.69) is 42.0 Å². The van der Waals surface area contributed by atoms with E-state index in [9.17, 15) is 0 Å². The Kier molecular flexibility index (Phi) is 6.03. The predicted molar refractivity (Wildman–Crippen MR) is 89.7 cm³/mol. The number of hydrogen-bond acceptors (Lipinski definition) is 3. The van der Waals surface area contributed by atoms with Crippen molar-refractivity contribution in [3.05, 3.63) is 29.0 Å². The zero-order valence-electron chi connectivity index (χ0n) is 13.5. The molecule has 0 aromatic carbocycles. The van der Waals surface area contributed by atoms with Gasteiger partial charge in [0.25, 0.3) is 0 Å². The standard InChI is InChI=1S/C17H28ClN3/c1-4-7-15-12-21(17(5-2,6-3)13-20-15)11-14-8-9-19-10-16(14)18/h8-10,15,20H,4-7,11-13H2,1-3H3. The largest absolute Gasteiger partial charge is 0.311 e. The summed E-state index contributed by atoms with van der Waals surface area (Å²) in [5.74, 6) is 0. The van der Waals surface area contributed by atoms with Gasteiger partial charge < -0.3 is 5.32 Å². The lowest BCUT2D eigenvalue weighted by Crippen LogP contribution is -2.63. The number of nitrogens with zero attached hydrogens (tertiary/aromatic N) is 2. The van der Waals surface area contributed by atoms with Crippen LogP contribution in [-0.4, -0.2) is 34.6 Å². The molecule has 1 saturated heterocycles. The monoisotopic (exact) mass is 309 g/mol. The summed E-state index contributed by atoms with van der Waals surface area (Å²) in [6, 6.07) is 2.65. The first-order valence-electron chi connectivity index (χ1n) is 8.22. The third-order valence-electron chi connectivity index (χ3n) is 5.00. The van der Waals surface area contributed by atoms with Crippen molar-refractivity contribution in [2.24, 2.45) is 0 Å². The molecule has 21 heavy (non-hydrogen) atoms. The van der Waals surface area contributed by atoms with E-state index in [1.54, 1.807) is 6.20 Å². The predicted octanol–water partition coefficient (Wildman–Crippen LogP) is 3.87. The number of pyridine rings is 1. The molecule has 1 N–H and O–H groups in total. The van der Waals surface area contributed by atoms with Crippen LogP contribution in [0.5, 0.6) is 0 Å². The average Bonchev–Trinajstić information content (AvgIpc) is 2.51. The minimum atomic E-state index is 0.247. The minimum Gasteiger partial charge on any atom is -0.311 e. The third-order valence-corrected chi connectivity index (χ3v) is 5.34. The van der Waals surface area contributed by atoms with Gasteiger partial charge in [0.15, 0.2) is 0 Å². The zero-order chi connectivity index (χ0) is 15.3. The van der Waals surface area contributed by atoms with E-state index >= 15 is 0 Å². The quantitative estimate of drug-likeness (QED) is 0.864. The van der Waals surface area contributed by atoms with Gasteiger partial charge >= 0.3 is 0 Å². The number of halogens is 1. The van der Waals surface area contributed by atoms with Crippen molar-refractivity contribution in [1.29, 1.82) is 0 Å². The van der Waals surface area contributed by atoms with Crippen LogP contribution in [0.2, 0.25) is 5.02 Å². The van der Waals surface area contributed by atoms with E-state index in [0.29, 0.717) is 6.04 Å². The fourth-order valence-electron chi connectivity index (χ4n) is 3.43. The summed E-state index contributed by atoms with van der Waals surface area (Å²) in [5.41, 5.74) is 1.44. The van der Waals surface area contributed by atoms with Gasteiger partial charge in [0.1, 0.15) is 0 Å². The first kappa shape index (κ1) is 16.7. The Morgan fingerprint density at radius 2 is 2.14 bits per heavy atom. The van der Waals surface area contributed by atoms with Gasteiger partial charge in [-0.05, 0) is 30.9 Å².